The molecular weight excluding hydrogens is 511 g/mol. The van der Waals surface area contributed by atoms with E-state index in [0.29, 0.717) is 12.1 Å². The number of amides is 1. The molecule has 0 fully saturated rings. The van der Waals surface area contributed by atoms with Crippen LogP contribution in [0, 0.1) is 11.6 Å². The fraction of sp³-hybridized carbons (Fsp3) is 0.174. The van der Waals surface area contributed by atoms with E-state index >= 15 is 0 Å². The predicted molar refractivity (Wildman–Crippen MR) is 117 cm³/mol. The van der Waals surface area contributed by atoms with E-state index in [9.17, 15) is 31.5 Å². The lowest BCUT2D eigenvalue weighted by Crippen LogP contribution is -2.40. The topological polar surface area (TPSA) is 89.0 Å². The average Bonchev–Trinajstić information content (AvgIpc) is 3.41. The third-order valence-corrected chi connectivity index (χ3v) is 6.15. The fourth-order valence-corrected chi connectivity index (χ4v) is 4.48. The Hall–Kier alpha value is -3.93. The van der Waals surface area contributed by atoms with E-state index in [1.54, 1.807) is 0 Å². The molecule has 1 unspecified atom stereocenters. The normalized spacial score (nSPS) is 15.6. The first-order valence-corrected chi connectivity index (χ1v) is 10.7. The molecule has 0 radical (unpaired) electrons. The van der Waals surface area contributed by atoms with E-state index < -0.39 is 41.3 Å². The zero-order valence-electron chi connectivity index (χ0n) is 18.1. The molecule has 36 heavy (non-hydrogen) atoms. The van der Waals surface area contributed by atoms with E-state index in [1.807, 2.05) is 0 Å². The van der Waals surface area contributed by atoms with Gasteiger partial charge in [-0.3, -0.25) is 4.79 Å². The van der Waals surface area contributed by atoms with Crippen LogP contribution in [0.1, 0.15) is 33.4 Å². The Morgan fingerprint density at radius 2 is 1.94 bits per heavy atom. The maximum atomic E-state index is 14.5. The monoisotopic (exact) mass is 524 g/mol. The summed E-state index contributed by atoms with van der Waals surface area (Å²) in [7, 11) is 1.13. The van der Waals surface area contributed by atoms with Crippen LogP contribution in [0.15, 0.2) is 36.4 Å². The number of hydrogen-bond donors (Lipinski definition) is 2. The van der Waals surface area contributed by atoms with Crippen molar-refractivity contribution >= 4 is 34.5 Å². The molecule has 3 heterocycles. The number of nitrogens with one attached hydrogen (secondary N) is 2. The van der Waals surface area contributed by atoms with Crippen LogP contribution in [0.4, 0.5) is 22.0 Å². The van der Waals surface area contributed by atoms with Gasteiger partial charge in [0, 0.05) is 16.1 Å². The van der Waals surface area contributed by atoms with E-state index in [2.05, 4.69) is 15.3 Å². The maximum Gasteiger partial charge on any atom is 0.416 e. The number of rotatable bonds is 3. The summed E-state index contributed by atoms with van der Waals surface area (Å²) >= 11 is 6.29. The molecule has 0 aliphatic carbocycles. The molecular formula is C23H14ClF5N4O3. The number of fused-ring (bicyclic) bond motifs is 2. The van der Waals surface area contributed by atoms with Crippen LogP contribution in [0.2, 0.25) is 5.02 Å². The molecule has 13 heteroatoms. The van der Waals surface area contributed by atoms with Gasteiger partial charge in [-0.15, -0.1) is 0 Å². The van der Waals surface area contributed by atoms with Gasteiger partial charge in [-0.1, -0.05) is 11.6 Å². The Morgan fingerprint density at radius 3 is 2.64 bits per heavy atom. The molecule has 0 spiro atoms. The van der Waals surface area contributed by atoms with Crippen LogP contribution >= 0.6 is 11.6 Å². The van der Waals surface area contributed by atoms with Crippen molar-refractivity contribution < 1.29 is 36.3 Å². The molecule has 5 rings (SSSR count). The van der Waals surface area contributed by atoms with Crippen LogP contribution < -0.4 is 5.32 Å². The second-order valence-electron chi connectivity index (χ2n) is 8.01. The van der Waals surface area contributed by atoms with Crippen LogP contribution in [0.25, 0.3) is 22.4 Å². The zero-order chi connectivity index (χ0) is 25.9. The number of halogens is 6. The second kappa shape index (κ2) is 8.33. The van der Waals surface area contributed by atoms with Gasteiger partial charge in [-0.25, -0.2) is 18.6 Å². The van der Waals surface area contributed by atoms with Gasteiger partial charge in [0.25, 0.3) is 0 Å². The summed E-state index contributed by atoms with van der Waals surface area (Å²) in [6.07, 6.45) is -4.79. The largest absolute Gasteiger partial charge is 0.464 e. The SMILES string of the molecule is COC(=O)c1cc(-c2nc3c(F)cc(C(F)(F)F)cc3[nH]2)c2n1CC(=O)NC2c1cc(F)ccc1Cl. The quantitative estimate of drug-likeness (QED) is 0.292. The van der Waals surface area contributed by atoms with Crippen LogP contribution in [-0.2, 0) is 22.3 Å². The molecule has 1 aliphatic rings. The summed E-state index contributed by atoms with van der Waals surface area (Å²) in [6.45, 7) is -0.323. The Balaban J connectivity index is 1.78. The molecule has 0 bridgehead atoms. The van der Waals surface area contributed by atoms with Crippen molar-refractivity contribution in [3.05, 3.63) is 75.6 Å². The first-order chi connectivity index (χ1) is 17.0. The van der Waals surface area contributed by atoms with Crippen molar-refractivity contribution in [2.45, 2.75) is 18.8 Å². The van der Waals surface area contributed by atoms with E-state index in [4.69, 9.17) is 16.3 Å². The summed E-state index contributed by atoms with van der Waals surface area (Å²) in [4.78, 5) is 31.8. The molecule has 1 atom stereocenters. The zero-order valence-corrected chi connectivity index (χ0v) is 18.9. The predicted octanol–water partition coefficient (Wildman–Crippen LogP) is 4.99. The van der Waals surface area contributed by atoms with Gasteiger partial charge in [-0.2, -0.15) is 13.2 Å². The third kappa shape index (κ3) is 3.87. The summed E-state index contributed by atoms with van der Waals surface area (Å²) in [5.41, 5.74) is -1.37. The van der Waals surface area contributed by atoms with E-state index in [0.717, 1.165) is 19.2 Å². The highest BCUT2D eigenvalue weighted by Crippen LogP contribution is 2.40. The van der Waals surface area contributed by atoms with Gasteiger partial charge >= 0.3 is 12.1 Å². The molecule has 4 aromatic rings. The molecule has 2 aromatic heterocycles. The van der Waals surface area contributed by atoms with Gasteiger partial charge in [-0.05, 0) is 36.4 Å². The summed E-state index contributed by atoms with van der Waals surface area (Å²) < 4.78 is 74.3. The number of H-pyrrole nitrogens is 1. The molecule has 7 nitrogen and oxygen atoms in total. The molecule has 0 saturated heterocycles. The van der Waals surface area contributed by atoms with Gasteiger partial charge in [0.15, 0.2) is 5.82 Å². The van der Waals surface area contributed by atoms with Crippen LogP contribution in [-0.4, -0.2) is 33.5 Å². The minimum Gasteiger partial charge on any atom is -0.464 e. The number of carbonyl (C=O) groups excluding carboxylic acids is 2. The van der Waals surface area contributed by atoms with E-state index in [1.165, 1.54) is 16.7 Å². The number of carbonyl (C=O) groups is 2. The van der Waals surface area contributed by atoms with Gasteiger partial charge in [0.2, 0.25) is 5.91 Å². The third-order valence-electron chi connectivity index (χ3n) is 5.81. The number of aromatic amines is 1. The smallest absolute Gasteiger partial charge is 0.416 e. The number of benzene rings is 2. The first kappa shape index (κ1) is 23.8. The summed E-state index contributed by atoms with van der Waals surface area (Å²) in [5, 5.41) is 2.79. The molecule has 1 aliphatic heterocycles. The molecule has 2 N–H and O–H groups in total. The highest BCUT2D eigenvalue weighted by Gasteiger charge is 2.36. The van der Waals surface area contributed by atoms with Crippen molar-refractivity contribution in [2.24, 2.45) is 0 Å². The summed E-state index contributed by atoms with van der Waals surface area (Å²) in [6, 6.07) is 4.78. The second-order valence-corrected chi connectivity index (χ2v) is 8.42. The Kier molecular flexibility index (Phi) is 5.51. The van der Waals surface area contributed by atoms with Crippen molar-refractivity contribution in [1.82, 2.24) is 19.9 Å². The highest BCUT2D eigenvalue weighted by atomic mass is 35.5. The molecule has 1 amide bonds. The number of alkyl halides is 3. The van der Waals surface area contributed by atoms with E-state index in [-0.39, 0.29) is 50.9 Å². The minimum atomic E-state index is -4.79. The minimum absolute atomic E-state index is 0.0771. The maximum absolute atomic E-state index is 14.5. The average molecular weight is 525 g/mol. The Labute approximate surface area is 203 Å². The van der Waals surface area contributed by atoms with Gasteiger partial charge < -0.3 is 19.6 Å². The number of imidazole rings is 1. The van der Waals surface area contributed by atoms with Crippen molar-refractivity contribution in [3.8, 4) is 11.4 Å². The lowest BCUT2D eigenvalue weighted by atomic mass is 9.98. The Morgan fingerprint density at radius 1 is 1.19 bits per heavy atom. The number of nitrogens with zero attached hydrogens (tertiary/aromatic N) is 2. The highest BCUT2D eigenvalue weighted by molar-refractivity contribution is 6.31. The van der Waals surface area contributed by atoms with Crippen molar-refractivity contribution in [1.29, 1.82) is 0 Å². The lowest BCUT2D eigenvalue weighted by molar-refractivity contribution is -0.137. The number of methoxy groups -OCH3 is 1. The number of esters is 1. The van der Waals surface area contributed by atoms with Crippen LogP contribution in [0.3, 0.4) is 0 Å². The molecule has 0 saturated carbocycles. The van der Waals surface area contributed by atoms with Crippen molar-refractivity contribution in [2.75, 3.05) is 7.11 Å². The number of aromatic nitrogens is 3. The first-order valence-electron chi connectivity index (χ1n) is 10.3. The number of hydrogen-bond acceptors (Lipinski definition) is 4. The summed E-state index contributed by atoms with van der Waals surface area (Å²) in [5.74, 6) is -3.28. The fourth-order valence-electron chi connectivity index (χ4n) is 4.25. The Bertz CT molecular complexity index is 1560. The molecule has 2 aromatic carbocycles. The number of ether oxygens (including phenoxy) is 1. The van der Waals surface area contributed by atoms with Gasteiger partial charge in [0.1, 0.15) is 29.4 Å². The standard InChI is InChI=1S/C23H14ClF5N4O3/c1-36-22(35)16-7-12(21-30-15-5-9(23(27,28)29)4-14(26)19(15)32-21)20-18(31-17(34)8-33(16)20)11-6-10(25)2-3-13(11)24/h2-7,18H,8H2,1H3,(H,30,32)(H,31,34). The lowest BCUT2D eigenvalue weighted by Gasteiger charge is -2.28. The molecule has 186 valence electrons. The van der Waals surface area contributed by atoms with Gasteiger partial charge in [0.05, 0.1) is 29.9 Å². The van der Waals surface area contributed by atoms with Crippen molar-refractivity contribution in [3.63, 3.8) is 0 Å². The van der Waals surface area contributed by atoms with Crippen LogP contribution in [0.5, 0.6) is 0 Å².